The van der Waals surface area contributed by atoms with Gasteiger partial charge in [0.05, 0.1) is 28.8 Å². The molecule has 194 valence electrons. The third kappa shape index (κ3) is 4.67. The second-order valence-electron chi connectivity index (χ2n) is 9.66. The average molecular weight is 521 g/mol. The zero-order valence-corrected chi connectivity index (χ0v) is 22.7. The summed E-state index contributed by atoms with van der Waals surface area (Å²) in [6.45, 7) is 9.95. The molecule has 0 N–H and O–H groups in total. The van der Waals surface area contributed by atoms with E-state index in [0.29, 0.717) is 31.9 Å². The van der Waals surface area contributed by atoms with E-state index in [1.54, 1.807) is 31.4 Å². The first-order valence-electron chi connectivity index (χ1n) is 12.4. The molecule has 3 heterocycles. The summed E-state index contributed by atoms with van der Waals surface area (Å²) in [5.41, 5.74) is 3.73. The molecule has 0 atom stereocenters. The molecule has 1 fully saturated rings. The predicted molar refractivity (Wildman–Crippen MR) is 144 cm³/mol. The number of benzene rings is 2. The SMILES string of the molecule is COc1ccc(S(=O)(=O)N2CCN(c3nc(C(C)C)nc4c3c(C)nn4-c3ccc(C)cc3)CC2)cc1. The lowest BCUT2D eigenvalue weighted by atomic mass is 10.2. The fraction of sp³-hybridized carbons (Fsp3) is 0.370. The second-order valence-corrected chi connectivity index (χ2v) is 11.6. The number of aromatic nitrogens is 4. The van der Waals surface area contributed by atoms with Crippen LogP contribution in [0.15, 0.2) is 53.4 Å². The van der Waals surface area contributed by atoms with E-state index in [2.05, 4.69) is 37.8 Å². The molecule has 1 aliphatic rings. The third-order valence-corrected chi connectivity index (χ3v) is 8.64. The Kier molecular flexibility index (Phi) is 6.63. The number of ether oxygens (including phenoxy) is 1. The Morgan fingerprint density at radius 2 is 1.54 bits per heavy atom. The molecule has 2 aromatic carbocycles. The van der Waals surface area contributed by atoms with Crippen LogP contribution in [0.25, 0.3) is 16.7 Å². The van der Waals surface area contributed by atoms with E-state index in [9.17, 15) is 8.42 Å². The molecule has 1 saturated heterocycles. The van der Waals surface area contributed by atoms with Crippen molar-refractivity contribution in [3.8, 4) is 11.4 Å². The maximum atomic E-state index is 13.3. The molecule has 0 amide bonds. The minimum absolute atomic E-state index is 0.126. The zero-order valence-electron chi connectivity index (χ0n) is 21.8. The van der Waals surface area contributed by atoms with Gasteiger partial charge in [-0.2, -0.15) is 9.40 Å². The fourth-order valence-corrected chi connectivity index (χ4v) is 5.99. The van der Waals surface area contributed by atoms with Gasteiger partial charge in [0.25, 0.3) is 0 Å². The highest BCUT2D eigenvalue weighted by atomic mass is 32.2. The number of sulfonamides is 1. The molecule has 1 aliphatic heterocycles. The lowest BCUT2D eigenvalue weighted by Gasteiger charge is -2.35. The zero-order chi connectivity index (χ0) is 26.3. The minimum Gasteiger partial charge on any atom is -0.497 e. The first-order valence-corrected chi connectivity index (χ1v) is 13.9. The highest BCUT2D eigenvalue weighted by Crippen LogP contribution is 2.32. The van der Waals surface area contributed by atoms with E-state index in [-0.39, 0.29) is 10.8 Å². The molecule has 10 heteroatoms. The maximum absolute atomic E-state index is 13.3. The van der Waals surface area contributed by atoms with Gasteiger partial charge in [-0.05, 0) is 50.2 Å². The van der Waals surface area contributed by atoms with Crippen molar-refractivity contribution in [2.24, 2.45) is 0 Å². The lowest BCUT2D eigenvalue weighted by molar-refractivity contribution is 0.383. The van der Waals surface area contributed by atoms with Crippen LogP contribution in [-0.4, -0.2) is 65.8 Å². The number of anilines is 1. The Labute approximate surface area is 217 Å². The summed E-state index contributed by atoms with van der Waals surface area (Å²) in [6, 6.07) is 14.7. The summed E-state index contributed by atoms with van der Waals surface area (Å²) < 4.78 is 35.1. The number of nitrogens with zero attached hydrogens (tertiary/aromatic N) is 6. The first-order chi connectivity index (χ1) is 17.7. The van der Waals surface area contributed by atoms with Crippen molar-refractivity contribution in [2.45, 2.75) is 38.5 Å². The number of methoxy groups -OCH3 is 1. The summed E-state index contributed by atoms with van der Waals surface area (Å²) in [5, 5.41) is 5.72. The van der Waals surface area contributed by atoms with Gasteiger partial charge in [-0.3, -0.25) is 0 Å². The number of hydrogen-bond donors (Lipinski definition) is 0. The van der Waals surface area contributed by atoms with Gasteiger partial charge in [0.2, 0.25) is 10.0 Å². The standard InChI is InChI=1S/C27H32N6O3S/c1-18(2)25-28-26(24-20(4)30-33(27(24)29-25)21-8-6-19(3)7-9-21)31-14-16-32(17-15-31)37(34,35)23-12-10-22(36-5)11-13-23/h6-13,18H,14-17H2,1-5H3. The molecule has 5 rings (SSSR count). The molecule has 0 aliphatic carbocycles. The first kappa shape index (κ1) is 25.2. The Morgan fingerprint density at radius 1 is 0.892 bits per heavy atom. The van der Waals surface area contributed by atoms with Crippen molar-refractivity contribution in [2.75, 3.05) is 38.2 Å². The summed E-state index contributed by atoms with van der Waals surface area (Å²) >= 11 is 0. The topological polar surface area (TPSA) is 93.5 Å². The van der Waals surface area contributed by atoms with Crippen molar-refractivity contribution < 1.29 is 13.2 Å². The van der Waals surface area contributed by atoms with E-state index >= 15 is 0 Å². The molecule has 0 spiro atoms. The molecule has 2 aromatic heterocycles. The average Bonchev–Trinajstić information content (AvgIpc) is 3.25. The molecule has 0 radical (unpaired) electrons. The van der Waals surface area contributed by atoms with Crippen molar-refractivity contribution in [1.29, 1.82) is 0 Å². The van der Waals surface area contributed by atoms with E-state index in [1.807, 2.05) is 23.7 Å². The van der Waals surface area contributed by atoms with Crippen molar-refractivity contribution >= 4 is 26.9 Å². The fourth-order valence-electron chi connectivity index (χ4n) is 4.57. The quantitative estimate of drug-likeness (QED) is 0.378. The van der Waals surface area contributed by atoms with Gasteiger partial charge in [-0.1, -0.05) is 31.5 Å². The predicted octanol–water partition coefficient (Wildman–Crippen LogP) is 4.08. The number of hydrogen-bond acceptors (Lipinski definition) is 7. The van der Waals surface area contributed by atoms with E-state index < -0.39 is 10.0 Å². The molecule has 9 nitrogen and oxygen atoms in total. The number of piperazine rings is 1. The largest absolute Gasteiger partial charge is 0.497 e. The normalized spacial score (nSPS) is 15.0. The van der Waals surface area contributed by atoms with Crippen LogP contribution in [0.1, 0.15) is 36.8 Å². The van der Waals surface area contributed by atoms with Crippen LogP contribution >= 0.6 is 0 Å². The van der Waals surface area contributed by atoms with Gasteiger partial charge < -0.3 is 9.64 Å². The second kappa shape index (κ2) is 9.75. The highest BCUT2D eigenvalue weighted by Gasteiger charge is 2.31. The summed E-state index contributed by atoms with van der Waals surface area (Å²) in [6.07, 6.45) is 0. The van der Waals surface area contributed by atoms with Crippen LogP contribution in [0.2, 0.25) is 0 Å². The Balaban J connectivity index is 1.48. The lowest BCUT2D eigenvalue weighted by Crippen LogP contribution is -2.49. The van der Waals surface area contributed by atoms with Crippen molar-refractivity contribution in [3.63, 3.8) is 0 Å². The van der Waals surface area contributed by atoms with Crippen LogP contribution < -0.4 is 9.64 Å². The highest BCUT2D eigenvalue weighted by molar-refractivity contribution is 7.89. The van der Waals surface area contributed by atoms with Crippen LogP contribution in [0.3, 0.4) is 0 Å². The summed E-state index contributed by atoms with van der Waals surface area (Å²) in [4.78, 5) is 12.3. The molecular formula is C27H32N6O3S. The van der Waals surface area contributed by atoms with Gasteiger partial charge in [0.1, 0.15) is 17.4 Å². The Bertz CT molecular complexity index is 1520. The number of fused-ring (bicyclic) bond motifs is 1. The van der Waals surface area contributed by atoms with Crippen LogP contribution in [0.4, 0.5) is 5.82 Å². The van der Waals surface area contributed by atoms with Gasteiger partial charge in [0.15, 0.2) is 5.65 Å². The minimum atomic E-state index is -3.60. The molecule has 4 aromatic rings. The maximum Gasteiger partial charge on any atom is 0.243 e. The molecule has 37 heavy (non-hydrogen) atoms. The van der Waals surface area contributed by atoms with Crippen LogP contribution in [0, 0.1) is 13.8 Å². The summed E-state index contributed by atoms with van der Waals surface area (Å²) in [7, 11) is -2.04. The van der Waals surface area contributed by atoms with E-state index in [1.165, 1.54) is 9.87 Å². The van der Waals surface area contributed by atoms with Crippen LogP contribution in [0.5, 0.6) is 5.75 Å². The van der Waals surface area contributed by atoms with Gasteiger partial charge in [-0.15, -0.1) is 0 Å². The Hall–Kier alpha value is -3.50. The van der Waals surface area contributed by atoms with E-state index in [4.69, 9.17) is 19.8 Å². The number of rotatable bonds is 6. The monoisotopic (exact) mass is 520 g/mol. The van der Waals surface area contributed by atoms with E-state index in [0.717, 1.165) is 34.1 Å². The molecular weight excluding hydrogens is 488 g/mol. The summed E-state index contributed by atoms with van der Waals surface area (Å²) in [5.74, 6) is 2.30. The Morgan fingerprint density at radius 3 is 2.14 bits per heavy atom. The number of aryl methyl sites for hydroxylation is 2. The van der Waals surface area contributed by atoms with Crippen molar-refractivity contribution in [3.05, 3.63) is 65.6 Å². The molecule has 0 bridgehead atoms. The molecule has 0 unspecified atom stereocenters. The van der Waals surface area contributed by atoms with Gasteiger partial charge >= 0.3 is 0 Å². The van der Waals surface area contributed by atoms with Crippen molar-refractivity contribution in [1.82, 2.24) is 24.1 Å². The van der Waals surface area contributed by atoms with Gasteiger partial charge in [-0.25, -0.2) is 23.1 Å². The third-order valence-electron chi connectivity index (χ3n) is 6.73. The smallest absolute Gasteiger partial charge is 0.243 e. The van der Waals surface area contributed by atoms with Gasteiger partial charge in [0, 0.05) is 32.1 Å². The molecule has 0 saturated carbocycles. The van der Waals surface area contributed by atoms with Crippen LogP contribution in [-0.2, 0) is 10.0 Å².